The summed E-state index contributed by atoms with van der Waals surface area (Å²) >= 11 is 0. The Labute approximate surface area is 116 Å². The lowest BCUT2D eigenvalue weighted by molar-refractivity contribution is -0.133. The van der Waals surface area contributed by atoms with Crippen LogP contribution in [-0.4, -0.2) is 30.4 Å². The first-order chi connectivity index (χ1) is 9.06. The molecule has 3 nitrogen and oxygen atoms in total. The van der Waals surface area contributed by atoms with Crippen LogP contribution in [0.5, 0.6) is 0 Å². The second-order valence-electron chi connectivity index (χ2n) is 5.45. The fraction of sp³-hybridized carbons (Fsp3) is 0.562. The van der Waals surface area contributed by atoms with Gasteiger partial charge in [-0.3, -0.25) is 4.79 Å². The van der Waals surface area contributed by atoms with Crippen LogP contribution >= 0.6 is 0 Å². The van der Waals surface area contributed by atoms with Gasteiger partial charge in [-0.15, -0.1) is 0 Å². The van der Waals surface area contributed by atoms with Gasteiger partial charge in [-0.25, -0.2) is 0 Å². The Balaban J connectivity index is 2.74. The van der Waals surface area contributed by atoms with Crippen LogP contribution in [0.3, 0.4) is 0 Å². The molecule has 19 heavy (non-hydrogen) atoms. The maximum absolute atomic E-state index is 12.6. The third kappa shape index (κ3) is 5.03. The summed E-state index contributed by atoms with van der Waals surface area (Å²) in [5.74, 6) is 0.593. The third-order valence-electron chi connectivity index (χ3n) is 3.20. The molecule has 1 atom stereocenters. The summed E-state index contributed by atoms with van der Waals surface area (Å²) in [6.07, 6.45) is 0.861. The molecule has 0 bridgehead atoms. The molecule has 0 heterocycles. The molecule has 0 saturated heterocycles. The number of carbonyl (C=O) groups excluding carboxylic acids is 1. The Morgan fingerprint density at radius 1 is 1.21 bits per heavy atom. The minimum Gasteiger partial charge on any atom is -0.342 e. The van der Waals surface area contributed by atoms with E-state index in [0.717, 1.165) is 25.1 Å². The molecule has 1 rings (SSSR count). The minimum atomic E-state index is -0.0854. The summed E-state index contributed by atoms with van der Waals surface area (Å²) < 4.78 is 0. The van der Waals surface area contributed by atoms with Crippen LogP contribution in [0.15, 0.2) is 30.3 Å². The monoisotopic (exact) mass is 262 g/mol. The van der Waals surface area contributed by atoms with Crippen LogP contribution in [-0.2, 0) is 4.79 Å². The highest BCUT2D eigenvalue weighted by Crippen LogP contribution is 2.18. The highest BCUT2D eigenvalue weighted by atomic mass is 16.2. The van der Waals surface area contributed by atoms with Crippen molar-refractivity contribution in [3.8, 4) is 0 Å². The number of nitrogens with two attached hydrogens (primary N) is 1. The number of benzene rings is 1. The first-order valence-corrected chi connectivity index (χ1v) is 7.10. The molecule has 0 spiro atoms. The van der Waals surface area contributed by atoms with Crippen LogP contribution in [0.2, 0.25) is 0 Å². The smallest absolute Gasteiger partial charge is 0.229 e. The van der Waals surface area contributed by atoms with Crippen molar-refractivity contribution in [3.05, 3.63) is 35.9 Å². The van der Waals surface area contributed by atoms with E-state index in [1.807, 2.05) is 42.2 Å². The SMILES string of the molecule is CC(C)CN(CCCN)C(=O)C(C)c1ccccc1. The van der Waals surface area contributed by atoms with Gasteiger partial charge in [0.25, 0.3) is 0 Å². The van der Waals surface area contributed by atoms with E-state index >= 15 is 0 Å². The van der Waals surface area contributed by atoms with Gasteiger partial charge in [0.1, 0.15) is 0 Å². The molecular formula is C16H26N2O. The predicted octanol–water partition coefficient (Wildman–Crippen LogP) is 2.62. The van der Waals surface area contributed by atoms with Gasteiger partial charge >= 0.3 is 0 Å². The molecule has 0 aliphatic carbocycles. The van der Waals surface area contributed by atoms with E-state index in [9.17, 15) is 4.79 Å². The van der Waals surface area contributed by atoms with Crippen LogP contribution < -0.4 is 5.73 Å². The molecule has 2 N–H and O–H groups in total. The fourth-order valence-electron chi connectivity index (χ4n) is 2.17. The van der Waals surface area contributed by atoms with Crippen molar-refractivity contribution in [2.75, 3.05) is 19.6 Å². The number of carbonyl (C=O) groups is 1. The normalized spacial score (nSPS) is 12.5. The van der Waals surface area contributed by atoms with Crippen LogP contribution in [0.4, 0.5) is 0 Å². The van der Waals surface area contributed by atoms with Crippen LogP contribution in [0.1, 0.15) is 38.7 Å². The summed E-state index contributed by atoms with van der Waals surface area (Å²) in [6, 6.07) is 9.96. The Kier molecular flexibility index (Phi) is 6.57. The zero-order chi connectivity index (χ0) is 14.3. The summed E-state index contributed by atoms with van der Waals surface area (Å²) in [5, 5.41) is 0. The topological polar surface area (TPSA) is 46.3 Å². The summed E-state index contributed by atoms with van der Waals surface area (Å²) in [4.78, 5) is 14.5. The average molecular weight is 262 g/mol. The van der Waals surface area contributed by atoms with Gasteiger partial charge in [-0.1, -0.05) is 44.2 Å². The zero-order valence-electron chi connectivity index (χ0n) is 12.3. The summed E-state index contributed by atoms with van der Waals surface area (Å²) in [7, 11) is 0. The second-order valence-corrected chi connectivity index (χ2v) is 5.45. The van der Waals surface area contributed by atoms with E-state index in [1.54, 1.807) is 0 Å². The van der Waals surface area contributed by atoms with Gasteiger partial charge < -0.3 is 10.6 Å². The zero-order valence-corrected chi connectivity index (χ0v) is 12.3. The molecule has 1 amide bonds. The van der Waals surface area contributed by atoms with Crippen molar-refractivity contribution in [1.29, 1.82) is 0 Å². The van der Waals surface area contributed by atoms with Gasteiger partial charge in [0.15, 0.2) is 0 Å². The Morgan fingerprint density at radius 3 is 2.37 bits per heavy atom. The molecule has 0 aromatic heterocycles. The van der Waals surface area contributed by atoms with E-state index in [4.69, 9.17) is 5.73 Å². The molecule has 0 saturated carbocycles. The highest BCUT2D eigenvalue weighted by Gasteiger charge is 2.21. The number of amides is 1. The van der Waals surface area contributed by atoms with Crippen molar-refractivity contribution in [1.82, 2.24) is 4.90 Å². The number of nitrogens with zero attached hydrogens (tertiary/aromatic N) is 1. The number of hydrogen-bond acceptors (Lipinski definition) is 2. The van der Waals surface area contributed by atoms with Crippen LogP contribution in [0, 0.1) is 5.92 Å². The molecule has 0 aliphatic heterocycles. The summed E-state index contributed by atoms with van der Waals surface area (Å²) in [6.45, 7) is 8.43. The van der Waals surface area contributed by atoms with Crippen LogP contribution in [0.25, 0.3) is 0 Å². The first-order valence-electron chi connectivity index (χ1n) is 7.10. The van der Waals surface area contributed by atoms with Gasteiger partial charge in [-0.05, 0) is 31.4 Å². The lowest BCUT2D eigenvalue weighted by Gasteiger charge is -2.27. The van der Waals surface area contributed by atoms with Gasteiger partial charge in [0.2, 0.25) is 5.91 Å². The molecule has 3 heteroatoms. The molecule has 1 aromatic rings. The Morgan fingerprint density at radius 2 is 1.84 bits per heavy atom. The van der Waals surface area contributed by atoms with Gasteiger partial charge in [0, 0.05) is 13.1 Å². The quantitative estimate of drug-likeness (QED) is 0.821. The third-order valence-corrected chi connectivity index (χ3v) is 3.20. The van der Waals surface area contributed by atoms with E-state index in [1.165, 1.54) is 0 Å². The van der Waals surface area contributed by atoms with Crippen molar-refractivity contribution < 1.29 is 4.79 Å². The molecule has 1 unspecified atom stereocenters. The van der Waals surface area contributed by atoms with E-state index in [-0.39, 0.29) is 11.8 Å². The summed E-state index contributed by atoms with van der Waals surface area (Å²) in [5.41, 5.74) is 6.63. The largest absolute Gasteiger partial charge is 0.342 e. The maximum Gasteiger partial charge on any atom is 0.229 e. The lowest BCUT2D eigenvalue weighted by Crippen LogP contribution is -2.38. The van der Waals surface area contributed by atoms with Crippen molar-refractivity contribution in [2.24, 2.45) is 11.7 Å². The minimum absolute atomic E-state index is 0.0854. The Bertz CT molecular complexity index is 376. The molecule has 0 fully saturated rings. The number of hydrogen-bond donors (Lipinski definition) is 1. The highest BCUT2D eigenvalue weighted by molar-refractivity contribution is 5.83. The fourth-order valence-corrected chi connectivity index (χ4v) is 2.17. The molecule has 1 aromatic carbocycles. The standard InChI is InChI=1S/C16H26N2O/c1-13(2)12-18(11-7-10-17)16(19)14(3)15-8-5-4-6-9-15/h4-6,8-9,13-14H,7,10-12,17H2,1-3H3. The van der Waals surface area contributed by atoms with Gasteiger partial charge in [0.05, 0.1) is 5.92 Å². The first kappa shape index (κ1) is 15.7. The van der Waals surface area contributed by atoms with Crippen molar-refractivity contribution >= 4 is 5.91 Å². The number of rotatable bonds is 7. The van der Waals surface area contributed by atoms with Gasteiger partial charge in [-0.2, -0.15) is 0 Å². The van der Waals surface area contributed by atoms with E-state index < -0.39 is 0 Å². The molecule has 0 radical (unpaired) electrons. The molecular weight excluding hydrogens is 236 g/mol. The maximum atomic E-state index is 12.6. The van der Waals surface area contributed by atoms with Crippen molar-refractivity contribution in [2.45, 2.75) is 33.1 Å². The van der Waals surface area contributed by atoms with Crippen molar-refractivity contribution in [3.63, 3.8) is 0 Å². The Hall–Kier alpha value is -1.35. The van der Waals surface area contributed by atoms with E-state index in [2.05, 4.69) is 13.8 Å². The molecule has 106 valence electrons. The lowest BCUT2D eigenvalue weighted by atomic mass is 9.99. The second kappa shape index (κ2) is 7.95. The van der Waals surface area contributed by atoms with E-state index in [0.29, 0.717) is 12.5 Å². The molecule has 0 aliphatic rings. The average Bonchev–Trinajstić information content (AvgIpc) is 2.42. The predicted molar refractivity (Wildman–Crippen MR) is 79.9 cm³/mol.